The number of methoxy groups -OCH3 is 1. The number of alkyl halides is 1. The summed E-state index contributed by atoms with van der Waals surface area (Å²) in [6, 6.07) is 1.74. The van der Waals surface area contributed by atoms with Gasteiger partial charge in [-0.2, -0.15) is 0 Å². The summed E-state index contributed by atoms with van der Waals surface area (Å²) in [4.78, 5) is 12.4. The van der Waals surface area contributed by atoms with E-state index >= 15 is 0 Å². The molecular formula is C10H14BrNO2S. The molecule has 0 saturated heterocycles. The number of nitrogens with one attached hydrogen (secondary N) is 1. The number of halogens is 1. The smallest absolute Gasteiger partial charge is 0.261 e. The summed E-state index contributed by atoms with van der Waals surface area (Å²) in [6.45, 7) is 3.93. The molecule has 0 aromatic carbocycles. The van der Waals surface area contributed by atoms with Crippen LogP contribution in [0, 0.1) is 0 Å². The molecule has 0 atom stereocenters. The van der Waals surface area contributed by atoms with Crippen LogP contribution < -0.4 is 10.1 Å². The number of rotatable bonds is 4. The molecule has 15 heavy (non-hydrogen) atoms. The average molecular weight is 292 g/mol. The SMILES string of the molecule is COc1csc(C(=O)NC(C)(C)CBr)c1. The zero-order chi connectivity index (χ0) is 11.5. The molecule has 5 heteroatoms. The van der Waals surface area contributed by atoms with Crippen molar-refractivity contribution in [2.75, 3.05) is 12.4 Å². The Morgan fingerprint density at radius 2 is 2.33 bits per heavy atom. The van der Waals surface area contributed by atoms with E-state index in [1.165, 1.54) is 11.3 Å². The summed E-state index contributed by atoms with van der Waals surface area (Å²) in [5, 5.41) is 5.46. The molecule has 0 saturated carbocycles. The maximum atomic E-state index is 11.8. The second-order valence-electron chi connectivity index (χ2n) is 3.82. The first-order chi connectivity index (χ1) is 6.98. The molecule has 1 N–H and O–H groups in total. The number of ether oxygens (including phenoxy) is 1. The Morgan fingerprint density at radius 3 is 2.80 bits per heavy atom. The predicted molar refractivity (Wildman–Crippen MR) is 66.2 cm³/mol. The van der Waals surface area contributed by atoms with E-state index in [-0.39, 0.29) is 11.4 Å². The molecule has 0 radical (unpaired) electrons. The van der Waals surface area contributed by atoms with Crippen molar-refractivity contribution >= 4 is 33.2 Å². The third-order valence-corrected chi connectivity index (χ3v) is 4.13. The quantitative estimate of drug-likeness (QED) is 0.866. The van der Waals surface area contributed by atoms with E-state index < -0.39 is 0 Å². The van der Waals surface area contributed by atoms with Crippen molar-refractivity contribution in [2.45, 2.75) is 19.4 Å². The van der Waals surface area contributed by atoms with Gasteiger partial charge in [0, 0.05) is 22.3 Å². The monoisotopic (exact) mass is 291 g/mol. The number of carbonyl (C=O) groups is 1. The number of amides is 1. The van der Waals surface area contributed by atoms with Crippen LogP contribution in [0.25, 0.3) is 0 Å². The Kier molecular flexibility index (Phi) is 4.16. The van der Waals surface area contributed by atoms with Gasteiger partial charge in [0.15, 0.2) is 0 Å². The molecule has 1 heterocycles. The highest BCUT2D eigenvalue weighted by Gasteiger charge is 2.20. The van der Waals surface area contributed by atoms with Crippen LogP contribution in [0.1, 0.15) is 23.5 Å². The zero-order valence-corrected chi connectivity index (χ0v) is 11.4. The molecule has 0 unspecified atom stereocenters. The van der Waals surface area contributed by atoms with E-state index in [9.17, 15) is 4.79 Å². The van der Waals surface area contributed by atoms with Gasteiger partial charge in [-0.15, -0.1) is 11.3 Å². The van der Waals surface area contributed by atoms with E-state index in [4.69, 9.17) is 4.74 Å². The maximum absolute atomic E-state index is 11.8. The van der Waals surface area contributed by atoms with Crippen molar-refractivity contribution in [3.63, 3.8) is 0 Å². The molecule has 0 spiro atoms. The molecule has 0 fully saturated rings. The first kappa shape index (κ1) is 12.5. The lowest BCUT2D eigenvalue weighted by atomic mass is 10.1. The Labute approximate surface area is 102 Å². The van der Waals surface area contributed by atoms with Gasteiger partial charge in [-0.3, -0.25) is 4.79 Å². The van der Waals surface area contributed by atoms with Crippen LogP contribution in [0.15, 0.2) is 11.4 Å². The lowest BCUT2D eigenvalue weighted by Gasteiger charge is -2.22. The number of thiophene rings is 1. The molecule has 1 aromatic heterocycles. The van der Waals surface area contributed by atoms with E-state index in [0.717, 1.165) is 5.75 Å². The molecular weight excluding hydrogens is 278 g/mol. The molecule has 0 aliphatic carbocycles. The predicted octanol–water partition coefficient (Wildman–Crippen LogP) is 2.66. The van der Waals surface area contributed by atoms with Gasteiger partial charge in [-0.1, -0.05) is 15.9 Å². The highest BCUT2D eigenvalue weighted by atomic mass is 79.9. The van der Waals surface area contributed by atoms with Gasteiger partial charge in [0.05, 0.1) is 12.0 Å². The van der Waals surface area contributed by atoms with E-state index in [0.29, 0.717) is 10.2 Å². The lowest BCUT2D eigenvalue weighted by Crippen LogP contribution is -2.44. The summed E-state index contributed by atoms with van der Waals surface area (Å²) in [5.74, 6) is 0.662. The Hall–Kier alpha value is -0.550. The fourth-order valence-electron chi connectivity index (χ4n) is 0.947. The zero-order valence-electron chi connectivity index (χ0n) is 8.96. The molecule has 84 valence electrons. The lowest BCUT2D eigenvalue weighted by molar-refractivity contribution is 0.0925. The average Bonchev–Trinajstić information content (AvgIpc) is 2.65. The van der Waals surface area contributed by atoms with Gasteiger partial charge in [-0.05, 0) is 13.8 Å². The summed E-state index contributed by atoms with van der Waals surface area (Å²) in [5.41, 5.74) is -0.242. The van der Waals surface area contributed by atoms with Crippen LogP contribution >= 0.6 is 27.3 Å². The van der Waals surface area contributed by atoms with Crippen LogP contribution in [0.3, 0.4) is 0 Å². The standard InChI is InChI=1S/C10H14BrNO2S/c1-10(2,6-11)12-9(13)8-4-7(14-3)5-15-8/h4-5H,6H2,1-3H3,(H,12,13). The van der Waals surface area contributed by atoms with Crippen molar-refractivity contribution < 1.29 is 9.53 Å². The summed E-state index contributed by atoms with van der Waals surface area (Å²) >= 11 is 4.74. The minimum Gasteiger partial charge on any atom is -0.496 e. The van der Waals surface area contributed by atoms with Crippen molar-refractivity contribution in [1.82, 2.24) is 5.32 Å². The molecule has 0 bridgehead atoms. The summed E-state index contributed by atoms with van der Waals surface area (Å²) in [6.07, 6.45) is 0. The minimum atomic E-state index is -0.242. The molecule has 0 aliphatic rings. The van der Waals surface area contributed by atoms with Crippen LogP contribution in [0.5, 0.6) is 5.75 Å². The fourth-order valence-corrected chi connectivity index (χ4v) is 1.84. The highest BCUT2D eigenvalue weighted by Crippen LogP contribution is 2.21. The van der Waals surface area contributed by atoms with Crippen molar-refractivity contribution in [3.05, 3.63) is 16.3 Å². The van der Waals surface area contributed by atoms with Crippen LogP contribution in [0.2, 0.25) is 0 Å². The number of hydrogen-bond donors (Lipinski definition) is 1. The molecule has 1 aromatic rings. The third-order valence-electron chi connectivity index (χ3n) is 1.82. The van der Waals surface area contributed by atoms with Crippen molar-refractivity contribution in [1.29, 1.82) is 0 Å². The second kappa shape index (κ2) is 4.99. The third kappa shape index (κ3) is 3.50. The van der Waals surface area contributed by atoms with Gasteiger partial charge in [0.2, 0.25) is 0 Å². The Bertz CT molecular complexity index is 349. The van der Waals surface area contributed by atoms with Crippen molar-refractivity contribution in [2.24, 2.45) is 0 Å². The maximum Gasteiger partial charge on any atom is 0.261 e. The van der Waals surface area contributed by atoms with Gasteiger partial charge < -0.3 is 10.1 Å². The molecule has 1 rings (SSSR count). The summed E-state index contributed by atoms with van der Waals surface area (Å²) < 4.78 is 5.02. The topological polar surface area (TPSA) is 38.3 Å². The van der Waals surface area contributed by atoms with Gasteiger partial charge in [-0.25, -0.2) is 0 Å². The van der Waals surface area contributed by atoms with Crippen LogP contribution in [0.4, 0.5) is 0 Å². The second-order valence-corrected chi connectivity index (χ2v) is 5.29. The van der Waals surface area contributed by atoms with Crippen LogP contribution in [-0.4, -0.2) is 23.9 Å². The summed E-state index contributed by atoms with van der Waals surface area (Å²) in [7, 11) is 1.59. The Morgan fingerprint density at radius 1 is 1.67 bits per heavy atom. The molecule has 0 aliphatic heterocycles. The first-order valence-electron chi connectivity index (χ1n) is 4.49. The van der Waals surface area contributed by atoms with E-state index in [2.05, 4.69) is 21.2 Å². The Balaban J connectivity index is 2.69. The van der Waals surface area contributed by atoms with Crippen LogP contribution in [-0.2, 0) is 0 Å². The van der Waals surface area contributed by atoms with Gasteiger partial charge in [0.1, 0.15) is 5.75 Å². The number of hydrogen-bond acceptors (Lipinski definition) is 3. The van der Waals surface area contributed by atoms with E-state index in [1.54, 1.807) is 13.2 Å². The number of carbonyl (C=O) groups excluding carboxylic acids is 1. The molecule has 3 nitrogen and oxygen atoms in total. The fraction of sp³-hybridized carbons (Fsp3) is 0.500. The largest absolute Gasteiger partial charge is 0.496 e. The van der Waals surface area contributed by atoms with Gasteiger partial charge >= 0.3 is 0 Å². The minimum absolute atomic E-state index is 0.0623. The van der Waals surface area contributed by atoms with E-state index in [1.807, 2.05) is 19.2 Å². The highest BCUT2D eigenvalue weighted by molar-refractivity contribution is 9.09. The first-order valence-corrected chi connectivity index (χ1v) is 6.49. The normalized spacial score (nSPS) is 11.2. The van der Waals surface area contributed by atoms with Gasteiger partial charge in [0.25, 0.3) is 5.91 Å². The molecule has 1 amide bonds. The van der Waals surface area contributed by atoms with Crippen molar-refractivity contribution in [3.8, 4) is 5.75 Å².